The number of halogens is 2. The summed E-state index contributed by atoms with van der Waals surface area (Å²) in [7, 11) is 0. The van der Waals surface area contributed by atoms with Gasteiger partial charge in [-0.05, 0) is 31.2 Å². The van der Waals surface area contributed by atoms with Crippen LogP contribution in [0.15, 0.2) is 47.3 Å². The first-order chi connectivity index (χ1) is 11.5. The van der Waals surface area contributed by atoms with E-state index in [0.29, 0.717) is 11.2 Å². The fraction of sp³-hybridized carbons (Fsp3) is 0.118. The third kappa shape index (κ3) is 2.76. The van der Waals surface area contributed by atoms with Crippen LogP contribution in [-0.4, -0.2) is 22.4 Å². The minimum atomic E-state index is -0.857. The van der Waals surface area contributed by atoms with Crippen molar-refractivity contribution in [3.8, 4) is 5.69 Å². The average molecular weight is 347 g/mol. The Morgan fingerprint density at radius 3 is 2.67 bits per heavy atom. The molecule has 0 radical (unpaired) electrons. The summed E-state index contributed by atoms with van der Waals surface area (Å²) in [5.74, 6) is -1.61. The van der Waals surface area contributed by atoms with Gasteiger partial charge in [-0.1, -0.05) is 29.8 Å². The lowest BCUT2D eigenvalue weighted by molar-refractivity contribution is 0.0516. The number of ether oxygens (including phenoxy) is 1. The molecule has 1 heterocycles. The van der Waals surface area contributed by atoms with Gasteiger partial charge in [-0.3, -0.25) is 4.79 Å². The normalized spacial score (nSPS) is 10.8. The van der Waals surface area contributed by atoms with E-state index in [9.17, 15) is 14.0 Å². The molecule has 5 nitrogen and oxygen atoms in total. The highest BCUT2D eigenvalue weighted by Gasteiger charge is 2.20. The van der Waals surface area contributed by atoms with Crippen molar-refractivity contribution in [2.45, 2.75) is 6.92 Å². The number of hydrogen-bond donors (Lipinski definition) is 0. The summed E-state index contributed by atoms with van der Waals surface area (Å²) >= 11 is 5.84. The van der Waals surface area contributed by atoms with Gasteiger partial charge in [-0.2, -0.15) is 5.10 Å². The number of carbonyl (C=O) groups excluding carboxylic acids is 1. The number of benzene rings is 2. The highest BCUT2D eigenvalue weighted by molar-refractivity contribution is 6.31. The van der Waals surface area contributed by atoms with Crippen molar-refractivity contribution in [1.82, 2.24) is 9.78 Å². The van der Waals surface area contributed by atoms with E-state index in [2.05, 4.69) is 5.10 Å². The number of fused-ring (bicyclic) bond motifs is 1. The molecule has 0 amide bonds. The van der Waals surface area contributed by atoms with Crippen LogP contribution in [-0.2, 0) is 4.74 Å². The summed E-state index contributed by atoms with van der Waals surface area (Å²) in [6.07, 6.45) is 0. The van der Waals surface area contributed by atoms with Crippen molar-refractivity contribution in [3.05, 3.63) is 69.2 Å². The van der Waals surface area contributed by atoms with E-state index in [4.69, 9.17) is 16.3 Å². The topological polar surface area (TPSA) is 61.2 Å². The number of nitrogens with zero attached hydrogens (tertiary/aromatic N) is 2. The maximum atomic E-state index is 13.8. The van der Waals surface area contributed by atoms with Gasteiger partial charge in [-0.25, -0.2) is 13.9 Å². The number of hydrogen-bond acceptors (Lipinski definition) is 4. The standard InChI is InChI=1S/C17H12ClFN2O3/c1-2-24-17(23)15-16(22)11-8-13(19)12(18)9-14(11)21(20-15)10-6-4-3-5-7-10/h3-9H,2H2,1H3. The summed E-state index contributed by atoms with van der Waals surface area (Å²) in [6.45, 7) is 1.71. The zero-order valence-corrected chi connectivity index (χ0v) is 13.4. The van der Waals surface area contributed by atoms with Crippen LogP contribution in [0.2, 0.25) is 5.02 Å². The van der Waals surface area contributed by atoms with E-state index >= 15 is 0 Å². The third-order valence-electron chi connectivity index (χ3n) is 3.40. The lowest BCUT2D eigenvalue weighted by Gasteiger charge is -2.12. The van der Waals surface area contributed by atoms with Crippen LogP contribution in [0, 0.1) is 5.82 Å². The van der Waals surface area contributed by atoms with Gasteiger partial charge in [0.25, 0.3) is 0 Å². The lowest BCUT2D eigenvalue weighted by atomic mass is 10.2. The molecule has 0 saturated heterocycles. The Balaban J connectivity index is 2.40. The summed E-state index contributed by atoms with van der Waals surface area (Å²) < 4.78 is 20.1. The molecule has 0 unspecified atom stereocenters. The molecule has 0 aliphatic heterocycles. The van der Waals surface area contributed by atoms with Crippen molar-refractivity contribution in [1.29, 1.82) is 0 Å². The second-order valence-corrected chi connectivity index (χ2v) is 5.34. The number of aromatic nitrogens is 2. The first kappa shape index (κ1) is 16.1. The van der Waals surface area contributed by atoms with Gasteiger partial charge in [0.2, 0.25) is 11.1 Å². The van der Waals surface area contributed by atoms with Crippen LogP contribution in [0.4, 0.5) is 4.39 Å². The molecule has 0 aliphatic carbocycles. The van der Waals surface area contributed by atoms with E-state index in [1.165, 1.54) is 10.7 Å². The van der Waals surface area contributed by atoms with Crippen LogP contribution >= 0.6 is 11.6 Å². The molecule has 0 saturated carbocycles. The molecule has 0 spiro atoms. The van der Waals surface area contributed by atoms with Crippen LogP contribution in [0.3, 0.4) is 0 Å². The fourth-order valence-electron chi connectivity index (χ4n) is 2.32. The third-order valence-corrected chi connectivity index (χ3v) is 3.69. The zero-order valence-electron chi connectivity index (χ0n) is 12.6. The van der Waals surface area contributed by atoms with Gasteiger partial charge in [0.1, 0.15) is 5.82 Å². The monoisotopic (exact) mass is 346 g/mol. The van der Waals surface area contributed by atoms with E-state index in [0.717, 1.165) is 6.07 Å². The summed E-state index contributed by atoms with van der Waals surface area (Å²) in [4.78, 5) is 24.5. The van der Waals surface area contributed by atoms with Gasteiger partial charge in [0.05, 0.1) is 28.2 Å². The van der Waals surface area contributed by atoms with E-state index < -0.39 is 22.9 Å². The minimum Gasteiger partial charge on any atom is -0.461 e. The molecule has 0 atom stereocenters. The van der Waals surface area contributed by atoms with Crippen LogP contribution in [0.5, 0.6) is 0 Å². The molecule has 3 rings (SSSR count). The van der Waals surface area contributed by atoms with Gasteiger partial charge >= 0.3 is 5.97 Å². The predicted octanol–water partition coefficient (Wildman–Crippen LogP) is 3.35. The maximum absolute atomic E-state index is 13.8. The second-order valence-electron chi connectivity index (χ2n) is 4.93. The minimum absolute atomic E-state index is 0.00111. The average Bonchev–Trinajstić information content (AvgIpc) is 2.58. The van der Waals surface area contributed by atoms with Crippen LogP contribution in [0.1, 0.15) is 17.4 Å². The molecule has 3 aromatic rings. The molecule has 0 bridgehead atoms. The summed E-state index contributed by atoms with van der Waals surface area (Å²) in [5.41, 5.74) is -0.220. The lowest BCUT2D eigenvalue weighted by Crippen LogP contribution is -2.24. The van der Waals surface area contributed by atoms with Crippen molar-refractivity contribution in [3.63, 3.8) is 0 Å². The van der Waals surface area contributed by atoms with Crippen molar-refractivity contribution < 1.29 is 13.9 Å². The molecule has 1 aromatic heterocycles. The quantitative estimate of drug-likeness (QED) is 0.682. The SMILES string of the molecule is CCOC(=O)c1nn(-c2ccccc2)c2cc(Cl)c(F)cc2c1=O. The largest absolute Gasteiger partial charge is 0.461 e. The zero-order chi connectivity index (χ0) is 17.3. The van der Waals surface area contributed by atoms with E-state index in [-0.39, 0.29) is 17.0 Å². The number of para-hydroxylation sites is 1. The Kier molecular flexibility index (Phi) is 4.31. The summed E-state index contributed by atoms with van der Waals surface area (Å²) in [6, 6.07) is 11.2. The number of rotatable bonds is 3. The fourth-order valence-corrected chi connectivity index (χ4v) is 2.48. The maximum Gasteiger partial charge on any atom is 0.362 e. The Hall–Kier alpha value is -2.73. The molecule has 7 heteroatoms. The molecule has 2 aromatic carbocycles. The Morgan fingerprint density at radius 1 is 1.29 bits per heavy atom. The molecular formula is C17H12ClFN2O3. The second kappa shape index (κ2) is 6.41. The van der Waals surface area contributed by atoms with Crippen molar-refractivity contribution in [2.24, 2.45) is 0 Å². The van der Waals surface area contributed by atoms with Crippen molar-refractivity contribution in [2.75, 3.05) is 6.61 Å². The number of esters is 1. The Bertz CT molecular complexity index is 987. The molecule has 0 N–H and O–H groups in total. The molecule has 0 aliphatic rings. The van der Waals surface area contributed by atoms with E-state index in [1.807, 2.05) is 6.07 Å². The van der Waals surface area contributed by atoms with Gasteiger partial charge in [0.15, 0.2) is 0 Å². The molecule has 24 heavy (non-hydrogen) atoms. The van der Waals surface area contributed by atoms with Gasteiger partial charge in [-0.15, -0.1) is 0 Å². The Morgan fingerprint density at radius 2 is 2.00 bits per heavy atom. The van der Waals surface area contributed by atoms with Crippen molar-refractivity contribution >= 4 is 28.5 Å². The highest BCUT2D eigenvalue weighted by Crippen LogP contribution is 2.23. The first-order valence-electron chi connectivity index (χ1n) is 7.17. The van der Waals surface area contributed by atoms with Gasteiger partial charge in [0, 0.05) is 0 Å². The van der Waals surface area contributed by atoms with Crippen LogP contribution < -0.4 is 5.43 Å². The smallest absolute Gasteiger partial charge is 0.362 e. The predicted molar refractivity (Wildman–Crippen MR) is 88.3 cm³/mol. The molecular weight excluding hydrogens is 335 g/mol. The van der Waals surface area contributed by atoms with Gasteiger partial charge < -0.3 is 4.74 Å². The molecule has 0 fully saturated rings. The molecule has 122 valence electrons. The first-order valence-corrected chi connectivity index (χ1v) is 7.55. The van der Waals surface area contributed by atoms with E-state index in [1.54, 1.807) is 31.2 Å². The Labute approximate surface area is 141 Å². The van der Waals surface area contributed by atoms with Crippen LogP contribution in [0.25, 0.3) is 16.6 Å². The number of carbonyl (C=O) groups is 1. The highest BCUT2D eigenvalue weighted by atomic mass is 35.5. The summed E-state index contributed by atoms with van der Waals surface area (Å²) in [5, 5.41) is 3.97.